The molecule has 1 aliphatic heterocycles. The largest absolute Gasteiger partial charge is 0.547 e. The first-order valence-corrected chi connectivity index (χ1v) is 10.0. The van der Waals surface area contributed by atoms with Crippen LogP contribution in [0.2, 0.25) is 0 Å². The smallest absolute Gasteiger partial charge is 0.401 e. The third-order valence-corrected chi connectivity index (χ3v) is 4.78. The Hall–Kier alpha value is -1.72. The van der Waals surface area contributed by atoms with Gasteiger partial charge in [-0.2, -0.15) is 8.42 Å². The van der Waals surface area contributed by atoms with Crippen LogP contribution in [0.15, 0.2) is 0 Å². The second kappa shape index (κ2) is 8.98. The number of nitrogens with zero attached hydrogens (tertiary/aromatic N) is 1. The first-order chi connectivity index (χ1) is 12.3. The number of carboxylic acid groups (broad SMARTS) is 1. The molecule has 2 amide bonds. The van der Waals surface area contributed by atoms with Crippen molar-refractivity contribution in [2.75, 3.05) is 0 Å². The molecule has 3 atom stereocenters. The van der Waals surface area contributed by atoms with E-state index in [4.69, 9.17) is 0 Å². The van der Waals surface area contributed by atoms with Crippen LogP contribution < -0.4 is 10.4 Å². The van der Waals surface area contributed by atoms with E-state index in [9.17, 15) is 27.9 Å². The van der Waals surface area contributed by atoms with Crippen molar-refractivity contribution in [3.05, 3.63) is 0 Å². The molecule has 0 aromatic heterocycles. The van der Waals surface area contributed by atoms with Crippen molar-refractivity contribution in [3.8, 4) is 0 Å². The Kier molecular flexibility index (Phi) is 7.76. The van der Waals surface area contributed by atoms with Gasteiger partial charge < -0.3 is 20.1 Å². The van der Waals surface area contributed by atoms with Crippen LogP contribution in [0.3, 0.4) is 0 Å². The molecule has 0 radical (unpaired) electrons. The molecule has 0 unspecified atom stereocenters. The summed E-state index contributed by atoms with van der Waals surface area (Å²) in [4.78, 5) is 38.1. The van der Waals surface area contributed by atoms with Crippen molar-refractivity contribution in [1.82, 2.24) is 10.2 Å². The predicted molar refractivity (Wildman–Crippen MR) is 92.2 cm³/mol. The lowest BCUT2D eigenvalue weighted by molar-refractivity contribution is -0.314. The SMILES string of the molecule is CC(C)C[C@H](NC(=O)[C@H]1OS(=O)(=O)O[C@@H]1C(=O)[O-])C(=O)N(C(C)C)C(C)C. The topological polar surface area (TPSA) is 142 Å². The van der Waals surface area contributed by atoms with E-state index in [-0.39, 0.29) is 30.3 Å². The maximum absolute atomic E-state index is 12.9. The number of carboxylic acids is 1. The lowest BCUT2D eigenvalue weighted by Gasteiger charge is -2.35. The summed E-state index contributed by atoms with van der Waals surface area (Å²) in [6.45, 7) is 11.0. The Morgan fingerprint density at radius 2 is 1.48 bits per heavy atom. The van der Waals surface area contributed by atoms with E-state index >= 15 is 0 Å². The van der Waals surface area contributed by atoms with Gasteiger partial charge in [0, 0.05) is 12.1 Å². The van der Waals surface area contributed by atoms with Gasteiger partial charge in [-0.1, -0.05) is 13.8 Å². The number of carbonyl (C=O) groups excluding carboxylic acids is 3. The van der Waals surface area contributed by atoms with Crippen LogP contribution >= 0.6 is 0 Å². The van der Waals surface area contributed by atoms with Crippen molar-refractivity contribution in [3.63, 3.8) is 0 Å². The zero-order chi connectivity index (χ0) is 21.1. The highest BCUT2D eigenvalue weighted by Gasteiger charge is 2.46. The second-order valence-electron chi connectivity index (χ2n) is 7.38. The van der Waals surface area contributed by atoms with Gasteiger partial charge in [-0.05, 0) is 40.0 Å². The molecule has 11 heteroatoms. The van der Waals surface area contributed by atoms with Gasteiger partial charge in [0.1, 0.15) is 6.04 Å². The Labute approximate surface area is 159 Å². The third-order valence-electron chi connectivity index (χ3n) is 3.90. The summed E-state index contributed by atoms with van der Waals surface area (Å²) in [5.74, 6) is -3.30. The Bertz CT molecular complexity index is 666. The molecular formula is C16H27N2O8S-. The zero-order valence-electron chi connectivity index (χ0n) is 16.3. The first-order valence-electron chi connectivity index (χ1n) is 8.71. The van der Waals surface area contributed by atoms with E-state index in [0.29, 0.717) is 0 Å². The molecule has 1 aliphatic rings. The van der Waals surface area contributed by atoms with Gasteiger partial charge in [-0.3, -0.25) is 9.59 Å². The molecular weight excluding hydrogens is 380 g/mol. The van der Waals surface area contributed by atoms with E-state index in [1.165, 1.54) is 0 Å². The monoisotopic (exact) mass is 407 g/mol. The molecule has 1 rings (SSSR count). The van der Waals surface area contributed by atoms with Crippen LogP contribution in [0.5, 0.6) is 0 Å². The average Bonchev–Trinajstić information content (AvgIpc) is 2.81. The second-order valence-corrected chi connectivity index (χ2v) is 8.59. The standard InChI is InChI=1S/C16H28N2O8S/c1-8(2)7-11(15(20)18(9(3)4)10(5)6)17-14(19)12-13(16(21)22)26-27(23,24)25-12/h8-13H,7H2,1-6H3,(H,17,19)(H,21,22)/p-1/t11-,12-,13-/m0/s1. The van der Waals surface area contributed by atoms with Gasteiger partial charge in [0.25, 0.3) is 5.91 Å². The van der Waals surface area contributed by atoms with Crippen LogP contribution in [0.1, 0.15) is 48.0 Å². The molecule has 0 bridgehead atoms. The molecule has 0 aromatic rings. The summed E-state index contributed by atoms with van der Waals surface area (Å²) in [5, 5.41) is 13.5. The summed E-state index contributed by atoms with van der Waals surface area (Å²) in [5.41, 5.74) is 0. The quantitative estimate of drug-likeness (QED) is 0.537. The third kappa shape index (κ3) is 6.15. The summed E-state index contributed by atoms with van der Waals surface area (Å²) >= 11 is 0. The van der Waals surface area contributed by atoms with Crippen LogP contribution in [-0.4, -0.2) is 61.4 Å². The normalized spacial score (nSPS) is 22.9. The van der Waals surface area contributed by atoms with E-state index in [1.807, 2.05) is 41.5 Å². The summed E-state index contributed by atoms with van der Waals surface area (Å²) in [7, 11) is -4.63. The summed E-state index contributed by atoms with van der Waals surface area (Å²) in [6.07, 6.45) is -3.80. The van der Waals surface area contributed by atoms with Crippen LogP contribution in [-0.2, 0) is 33.1 Å². The molecule has 0 aromatic carbocycles. The highest BCUT2D eigenvalue weighted by Crippen LogP contribution is 2.21. The van der Waals surface area contributed by atoms with E-state index in [0.717, 1.165) is 0 Å². The minimum Gasteiger partial charge on any atom is -0.547 e. The highest BCUT2D eigenvalue weighted by molar-refractivity contribution is 7.82. The van der Waals surface area contributed by atoms with Crippen molar-refractivity contribution in [2.45, 2.75) is 78.3 Å². The van der Waals surface area contributed by atoms with E-state index in [1.54, 1.807) is 4.90 Å². The number of rotatable bonds is 8. The Morgan fingerprint density at radius 3 is 1.89 bits per heavy atom. The fourth-order valence-electron chi connectivity index (χ4n) is 2.95. The molecule has 1 saturated heterocycles. The first kappa shape index (κ1) is 23.3. The van der Waals surface area contributed by atoms with Crippen molar-refractivity contribution >= 4 is 28.2 Å². The molecule has 10 nitrogen and oxygen atoms in total. The number of hydrogen-bond acceptors (Lipinski definition) is 8. The molecule has 0 aliphatic carbocycles. The maximum Gasteiger partial charge on any atom is 0.401 e. The molecule has 27 heavy (non-hydrogen) atoms. The molecule has 0 saturated carbocycles. The average molecular weight is 407 g/mol. The predicted octanol–water partition coefficient (Wildman–Crippen LogP) is -1.06. The minimum atomic E-state index is -4.63. The molecule has 1 N–H and O–H groups in total. The fraction of sp³-hybridized carbons (Fsp3) is 0.812. The van der Waals surface area contributed by atoms with Gasteiger partial charge in [0.2, 0.25) is 5.91 Å². The van der Waals surface area contributed by atoms with Crippen molar-refractivity contribution in [2.24, 2.45) is 5.92 Å². The van der Waals surface area contributed by atoms with Crippen molar-refractivity contribution in [1.29, 1.82) is 0 Å². The molecule has 1 heterocycles. The fourth-order valence-corrected chi connectivity index (χ4v) is 3.87. The van der Waals surface area contributed by atoms with Crippen LogP contribution in [0.4, 0.5) is 0 Å². The maximum atomic E-state index is 12.9. The van der Waals surface area contributed by atoms with Gasteiger partial charge in [0.05, 0.1) is 5.97 Å². The van der Waals surface area contributed by atoms with Crippen molar-refractivity contribution < 1.29 is 36.3 Å². The lowest BCUT2D eigenvalue weighted by atomic mass is 10.0. The summed E-state index contributed by atoms with van der Waals surface area (Å²) in [6, 6.07) is -1.24. The van der Waals surface area contributed by atoms with Gasteiger partial charge in [0.15, 0.2) is 12.2 Å². The van der Waals surface area contributed by atoms with Crippen LogP contribution in [0.25, 0.3) is 0 Å². The zero-order valence-corrected chi connectivity index (χ0v) is 17.1. The number of amides is 2. The Balaban J connectivity index is 3.07. The number of carbonyl (C=O) groups is 3. The van der Waals surface area contributed by atoms with E-state index in [2.05, 4.69) is 13.7 Å². The lowest BCUT2D eigenvalue weighted by Crippen LogP contribution is -2.57. The molecule has 0 spiro atoms. The van der Waals surface area contributed by atoms with E-state index < -0.39 is 40.5 Å². The number of aliphatic carboxylic acids is 1. The minimum absolute atomic E-state index is 0.0295. The highest BCUT2D eigenvalue weighted by atomic mass is 32.3. The van der Waals surface area contributed by atoms with Gasteiger partial charge in [-0.25, -0.2) is 8.37 Å². The molecule has 156 valence electrons. The Morgan fingerprint density at radius 1 is 1.00 bits per heavy atom. The van der Waals surface area contributed by atoms with Gasteiger partial charge in [-0.15, -0.1) is 0 Å². The van der Waals surface area contributed by atoms with Crippen LogP contribution in [0, 0.1) is 5.92 Å². The number of nitrogens with one attached hydrogen (secondary N) is 1. The molecule has 1 fully saturated rings. The van der Waals surface area contributed by atoms with Gasteiger partial charge >= 0.3 is 10.4 Å². The summed E-state index contributed by atoms with van der Waals surface area (Å²) < 4.78 is 31.3. The number of hydrogen-bond donors (Lipinski definition) is 1.